The number of aromatic amines is 1. The number of para-hydroxylation sites is 2. The second-order valence-corrected chi connectivity index (χ2v) is 7.48. The number of ether oxygens (including phenoxy) is 1. The second kappa shape index (κ2) is 11.6. The Hall–Kier alpha value is -1.39. The first kappa shape index (κ1) is 22.9. The monoisotopic (exact) mass is 500 g/mol. The highest BCUT2D eigenvalue weighted by molar-refractivity contribution is 14.0. The number of fused-ring (bicyclic) bond motifs is 1. The normalized spacial score (nSPS) is 18.3. The Bertz CT molecular complexity index is 714. The Morgan fingerprint density at radius 3 is 2.93 bits per heavy atom. The molecule has 1 saturated heterocycles. The molecule has 0 saturated carbocycles. The van der Waals surface area contributed by atoms with Gasteiger partial charge in [0.1, 0.15) is 5.82 Å². The van der Waals surface area contributed by atoms with Gasteiger partial charge in [0.25, 0.3) is 0 Å². The summed E-state index contributed by atoms with van der Waals surface area (Å²) in [4.78, 5) is 14.8. The van der Waals surface area contributed by atoms with Gasteiger partial charge in [-0.2, -0.15) is 0 Å². The predicted octanol–water partition coefficient (Wildman–Crippen LogP) is 2.25. The molecule has 3 N–H and O–H groups in total. The summed E-state index contributed by atoms with van der Waals surface area (Å²) in [5.74, 6) is 2.47. The average Bonchev–Trinajstić information content (AvgIpc) is 3.07. The first-order valence-electron chi connectivity index (χ1n) is 9.86. The summed E-state index contributed by atoms with van der Waals surface area (Å²) in [6.07, 6.45) is 1.02. The molecule has 1 aromatic carbocycles. The summed E-state index contributed by atoms with van der Waals surface area (Å²) >= 11 is 0. The fraction of sp³-hybridized carbons (Fsp3) is 0.600. The number of guanidine groups is 1. The van der Waals surface area contributed by atoms with Gasteiger partial charge in [0.05, 0.1) is 23.7 Å². The van der Waals surface area contributed by atoms with Crippen molar-refractivity contribution in [3.05, 3.63) is 30.1 Å². The van der Waals surface area contributed by atoms with E-state index in [4.69, 9.17) is 4.74 Å². The van der Waals surface area contributed by atoms with E-state index in [1.165, 1.54) is 0 Å². The van der Waals surface area contributed by atoms with Gasteiger partial charge in [0.2, 0.25) is 0 Å². The lowest BCUT2D eigenvalue weighted by Gasteiger charge is -2.34. The Morgan fingerprint density at radius 2 is 2.18 bits per heavy atom. The molecule has 156 valence electrons. The first-order chi connectivity index (χ1) is 13.1. The third-order valence-corrected chi connectivity index (χ3v) is 4.66. The number of hydrogen-bond acceptors (Lipinski definition) is 4. The number of benzene rings is 1. The van der Waals surface area contributed by atoms with Crippen LogP contribution in [0.25, 0.3) is 11.0 Å². The molecule has 0 bridgehead atoms. The average molecular weight is 500 g/mol. The summed E-state index contributed by atoms with van der Waals surface area (Å²) in [5, 5.41) is 6.74. The number of nitrogens with one attached hydrogen (secondary N) is 3. The molecule has 1 atom stereocenters. The van der Waals surface area contributed by atoms with Crippen molar-refractivity contribution in [1.29, 1.82) is 0 Å². The Kier molecular flexibility index (Phi) is 9.46. The number of hydrogen-bond donors (Lipinski definition) is 3. The molecule has 1 unspecified atom stereocenters. The van der Waals surface area contributed by atoms with Crippen LogP contribution < -0.4 is 10.6 Å². The lowest BCUT2D eigenvalue weighted by Crippen LogP contribution is -2.50. The van der Waals surface area contributed by atoms with E-state index >= 15 is 0 Å². The van der Waals surface area contributed by atoms with E-state index < -0.39 is 0 Å². The van der Waals surface area contributed by atoms with Gasteiger partial charge in [0.15, 0.2) is 5.96 Å². The number of aliphatic imine (C=N–C) groups is 1. The minimum absolute atomic E-state index is 0. The van der Waals surface area contributed by atoms with Crippen LogP contribution in [-0.4, -0.2) is 73.3 Å². The van der Waals surface area contributed by atoms with Crippen molar-refractivity contribution in [3.63, 3.8) is 0 Å². The van der Waals surface area contributed by atoms with Crippen molar-refractivity contribution >= 4 is 41.0 Å². The van der Waals surface area contributed by atoms with E-state index in [2.05, 4.69) is 44.3 Å². The number of morpholine rings is 1. The van der Waals surface area contributed by atoms with Crippen molar-refractivity contribution in [2.45, 2.75) is 26.4 Å². The first-order valence-corrected chi connectivity index (χ1v) is 9.86. The van der Waals surface area contributed by atoms with E-state index in [-0.39, 0.29) is 30.1 Å². The predicted molar refractivity (Wildman–Crippen MR) is 126 cm³/mol. The molecule has 7 nitrogen and oxygen atoms in total. The fourth-order valence-electron chi connectivity index (χ4n) is 3.44. The zero-order valence-corrected chi connectivity index (χ0v) is 19.4. The molecular formula is C20H33IN6O. The molecule has 0 aliphatic carbocycles. The van der Waals surface area contributed by atoms with Crippen molar-refractivity contribution in [2.24, 2.45) is 10.9 Å². The maximum atomic E-state index is 5.89. The summed E-state index contributed by atoms with van der Waals surface area (Å²) in [6.45, 7) is 9.98. The summed E-state index contributed by atoms with van der Waals surface area (Å²) in [6, 6.07) is 8.10. The number of imidazole rings is 1. The van der Waals surface area contributed by atoms with Gasteiger partial charge >= 0.3 is 0 Å². The van der Waals surface area contributed by atoms with E-state index in [9.17, 15) is 0 Å². The number of halogens is 1. The van der Waals surface area contributed by atoms with Gasteiger partial charge in [-0.3, -0.25) is 9.89 Å². The van der Waals surface area contributed by atoms with E-state index in [1.807, 2.05) is 24.3 Å². The van der Waals surface area contributed by atoms with Crippen molar-refractivity contribution < 1.29 is 4.74 Å². The van der Waals surface area contributed by atoms with Crippen LogP contribution in [0.5, 0.6) is 0 Å². The van der Waals surface area contributed by atoms with Crippen LogP contribution in [0.15, 0.2) is 29.3 Å². The van der Waals surface area contributed by atoms with Crippen molar-refractivity contribution in [1.82, 2.24) is 25.5 Å². The van der Waals surface area contributed by atoms with Crippen LogP contribution in [0.4, 0.5) is 0 Å². The van der Waals surface area contributed by atoms with Crippen LogP contribution in [-0.2, 0) is 11.2 Å². The molecule has 3 rings (SSSR count). The van der Waals surface area contributed by atoms with Crippen LogP contribution in [0.3, 0.4) is 0 Å². The molecule has 2 heterocycles. The quantitative estimate of drug-likeness (QED) is 0.309. The number of aromatic nitrogens is 2. The molecule has 1 aromatic heterocycles. The largest absolute Gasteiger partial charge is 0.374 e. The zero-order chi connectivity index (χ0) is 19.1. The van der Waals surface area contributed by atoms with E-state index in [1.54, 1.807) is 7.05 Å². The summed E-state index contributed by atoms with van der Waals surface area (Å²) in [7, 11) is 1.79. The molecule has 1 aliphatic heterocycles. The Balaban J connectivity index is 0.00000280. The van der Waals surface area contributed by atoms with Crippen LogP contribution in [0.1, 0.15) is 19.7 Å². The van der Waals surface area contributed by atoms with Gasteiger partial charge in [0, 0.05) is 46.2 Å². The molecule has 1 aliphatic rings. The lowest BCUT2D eigenvalue weighted by atomic mass is 10.2. The zero-order valence-electron chi connectivity index (χ0n) is 17.1. The maximum absolute atomic E-state index is 5.89. The molecule has 8 heteroatoms. The van der Waals surface area contributed by atoms with Crippen LogP contribution in [0, 0.1) is 5.92 Å². The molecule has 28 heavy (non-hydrogen) atoms. The van der Waals surface area contributed by atoms with Gasteiger partial charge < -0.3 is 20.4 Å². The SMILES string of the molecule is CN=C(NCCc1nc2ccccc2[nH]1)NCC1CN(CC(C)C)CCO1.I. The third-order valence-electron chi connectivity index (χ3n) is 4.66. The van der Waals surface area contributed by atoms with Crippen LogP contribution in [0.2, 0.25) is 0 Å². The van der Waals surface area contributed by atoms with Crippen LogP contribution >= 0.6 is 24.0 Å². The molecule has 1 fully saturated rings. The third kappa shape index (κ3) is 6.89. The smallest absolute Gasteiger partial charge is 0.191 e. The number of H-pyrrole nitrogens is 1. The topological polar surface area (TPSA) is 77.6 Å². The number of rotatable bonds is 7. The highest BCUT2D eigenvalue weighted by atomic mass is 127. The Morgan fingerprint density at radius 1 is 1.36 bits per heavy atom. The van der Waals surface area contributed by atoms with Gasteiger partial charge in [-0.05, 0) is 18.1 Å². The van der Waals surface area contributed by atoms with E-state index in [0.717, 1.165) is 68.6 Å². The van der Waals surface area contributed by atoms with Gasteiger partial charge in [-0.15, -0.1) is 24.0 Å². The highest BCUT2D eigenvalue weighted by Crippen LogP contribution is 2.10. The molecule has 2 aromatic rings. The standard InChI is InChI=1S/C20H32N6O.HI/c1-15(2)13-26-10-11-27-16(14-26)12-23-20(21-3)22-9-8-19-24-17-6-4-5-7-18(17)25-19;/h4-7,15-16H,8-14H2,1-3H3,(H,24,25)(H2,21,22,23);1H. The fourth-order valence-corrected chi connectivity index (χ4v) is 3.44. The lowest BCUT2D eigenvalue weighted by molar-refractivity contribution is -0.0284. The van der Waals surface area contributed by atoms with Crippen molar-refractivity contribution in [2.75, 3.05) is 46.4 Å². The van der Waals surface area contributed by atoms with Crippen molar-refractivity contribution in [3.8, 4) is 0 Å². The molecule has 0 radical (unpaired) electrons. The molecular weight excluding hydrogens is 467 g/mol. The second-order valence-electron chi connectivity index (χ2n) is 7.48. The Labute approximate surface area is 184 Å². The highest BCUT2D eigenvalue weighted by Gasteiger charge is 2.21. The van der Waals surface area contributed by atoms with E-state index in [0.29, 0.717) is 5.92 Å². The van der Waals surface area contributed by atoms with Gasteiger partial charge in [-0.25, -0.2) is 4.98 Å². The minimum atomic E-state index is 0. The summed E-state index contributed by atoms with van der Waals surface area (Å²) in [5.41, 5.74) is 2.09. The molecule has 0 amide bonds. The number of nitrogens with zero attached hydrogens (tertiary/aromatic N) is 3. The molecule has 0 spiro atoms. The summed E-state index contributed by atoms with van der Waals surface area (Å²) < 4.78 is 5.89. The minimum Gasteiger partial charge on any atom is -0.374 e. The van der Waals surface area contributed by atoms with Gasteiger partial charge in [-0.1, -0.05) is 26.0 Å². The maximum Gasteiger partial charge on any atom is 0.191 e.